The lowest BCUT2D eigenvalue weighted by atomic mass is 10.1. The van der Waals surface area contributed by atoms with E-state index in [0.717, 1.165) is 10.9 Å². The molecule has 1 heterocycles. The molecule has 0 bridgehead atoms. The Morgan fingerprint density at radius 1 is 1.19 bits per heavy atom. The molecule has 1 aromatic heterocycles. The maximum Gasteiger partial charge on any atom is 0.291 e. The summed E-state index contributed by atoms with van der Waals surface area (Å²) in [4.78, 5) is 12.3. The van der Waals surface area contributed by atoms with Gasteiger partial charge >= 0.3 is 0 Å². The Labute approximate surface area is 121 Å². The van der Waals surface area contributed by atoms with Gasteiger partial charge in [0.2, 0.25) is 0 Å². The molecule has 0 unspecified atom stereocenters. The first-order valence-electron chi connectivity index (χ1n) is 6.48. The van der Waals surface area contributed by atoms with Gasteiger partial charge in [-0.25, -0.2) is 0 Å². The number of furan rings is 1. The largest absolute Gasteiger partial charge is 0.451 e. The van der Waals surface area contributed by atoms with Crippen LogP contribution >= 0.6 is 0 Å². The highest BCUT2D eigenvalue weighted by atomic mass is 16.3. The topological polar surface area (TPSA) is 66.0 Å². The Kier molecular flexibility index (Phi) is 3.17. The second kappa shape index (κ2) is 5.14. The van der Waals surface area contributed by atoms with E-state index in [2.05, 4.69) is 5.32 Å². The third kappa shape index (κ3) is 2.37. The van der Waals surface area contributed by atoms with Gasteiger partial charge in [-0.2, -0.15) is 5.26 Å². The number of nitrogens with one attached hydrogen (secondary N) is 1. The Hall–Kier alpha value is -3.06. The van der Waals surface area contributed by atoms with Crippen molar-refractivity contribution in [3.8, 4) is 6.07 Å². The van der Waals surface area contributed by atoms with Crippen LogP contribution in [0.4, 0.5) is 5.69 Å². The lowest BCUT2D eigenvalue weighted by Crippen LogP contribution is -2.12. The molecule has 102 valence electrons. The molecule has 4 nitrogen and oxygen atoms in total. The zero-order chi connectivity index (χ0) is 14.8. The highest BCUT2D eigenvalue weighted by molar-refractivity contribution is 6.06. The predicted molar refractivity (Wildman–Crippen MR) is 80.1 cm³/mol. The van der Waals surface area contributed by atoms with E-state index >= 15 is 0 Å². The molecule has 3 aromatic rings. The first-order chi connectivity index (χ1) is 10.2. The van der Waals surface area contributed by atoms with E-state index in [1.54, 1.807) is 24.3 Å². The average molecular weight is 276 g/mol. The average Bonchev–Trinajstić information content (AvgIpc) is 2.85. The second-order valence-corrected chi connectivity index (χ2v) is 4.70. The van der Waals surface area contributed by atoms with Crippen LogP contribution < -0.4 is 5.32 Å². The highest BCUT2D eigenvalue weighted by Gasteiger charge is 2.17. The van der Waals surface area contributed by atoms with Gasteiger partial charge in [-0.3, -0.25) is 4.79 Å². The number of rotatable bonds is 2. The van der Waals surface area contributed by atoms with Gasteiger partial charge in [0, 0.05) is 16.6 Å². The fourth-order valence-electron chi connectivity index (χ4n) is 2.25. The number of aryl methyl sites for hydroxylation is 1. The van der Waals surface area contributed by atoms with Crippen LogP contribution in [0.1, 0.15) is 21.7 Å². The van der Waals surface area contributed by atoms with Crippen molar-refractivity contribution < 1.29 is 9.21 Å². The third-order valence-electron chi connectivity index (χ3n) is 3.30. The van der Waals surface area contributed by atoms with Crippen LogP contribution in [0.15, 0.2) is 52.9 Å². The fourth-order valence-corrected chi connectivity index (χ4v) is 2.25. The summed E-state index contributed by atoms with van der Waals surface area (Å²) in [7, 11) is 0. The molecule has 0 radical (unpaired) electrons. The molecule has 3 rings (SSSR count). The van der Waals surface area contributed by atoms with Gasteiger partial charge in [0.25, 0.3) is 5.91 Å². The summed E-state index contributed by atoms with van der Waals surface area (Å²) in [5.74, 6) is -0.0302. The number of carbonyl (C=O) groups is 1. The zero-order valence-electron chi connectivity index (χ0n) is 11.4. The van der Waals surface area contributed by atoms with Crippen molar-refractivity contribution in [2.75, 3.05) is 5.32 Å². The molecule has 0 saturated carbocycles. The molecule has 1 N–H and O–H groups in total. The predicted octanol–water partition coefficient (Wildman–Crippen LogP) is 3.87. The monoisotopic (exact) mass is 276 g/mol. The van der Waals surface area contributed by atoms with E-state index in [4.69, 9.17) is 9.68 Å². The van der Waals surface area contributed by atoms with Crippen LogP contribution in [0.25, 0.3) is 11.0 Å². The molecule has 0 aliphatic heterocycles. The molecular weight excluding hydrogens is 264 g/mol. The quantitative estimate of drug-likeness (QED) is 0.772. The molecule has 0 aliphatic carbocycles. The standard InChI is InChI=1S/C17H12N2O2/c1-11-14-7-2-3-8-15(14)21-16(11)17(20)19-13-6-4-5-12(9-13)10-18/h2-9H,1H3,(H,19,20). The van der Waals surface area contributed by atoms with Crippen molar-refractivity contribution in [3.63, 3.8) is 0 Å². The minimum Gasteiger partial charge on any atom is -0.451 e. The number of nitrogens with zero attached hydrogens (tertiary/aromatic N) is 1. The summed E-state index contributed by atoms with van der Waals surface area (Å²) in [6, 6.07) is 16.3. The van der Waals surface area contributed by atoms with Gasteiger partial charge < -0.3 is 9.73 Å². The summed E-state index contributed by atoms with van der Waals surface area (Å²) in [5, 5.41) is 12.5. The lowest BCUT2D eigenvalue weighted by molar-refractivity contribution is 0.0998. The molecule has 0 saturated heterocycles. The summed E-state index contributed by atoms with van der Waals surface area (Å²) in [6.07, 6.45) is 0. The van der Waals surface area contributed by atoms with Crippen LogP contribution in [0, 0.1) is 18.3 Å². The smallest absolute Gasteiger partial charge is 0.291 e. The number of carbonyl (C=O) groups excluding carboxylic acids is 1. The number of anilines is 1. The normalized spacial score (nSPS) is 10.3. The van der Waals surface area contributed by atoms with E-state index < -0.39 is 0 Å². The number of benzene rings is 2. The Morgan fingerprint density at radius 2 is 2.00 bits per heavy atom. The lowest BCUT2D eigenvalue weighted by Gasteiger charge is -2.03. The van der Waals surface area contributed by atoms with E-state index in [1.165, 1.54) is 0 Å². The van der Waals surface area contributed by atoms with E-state index in [1.807, 2.05) is 37.3 Å². The molecule has 0 fully saturated rings. The summed E-state index contributed by atoms with van der Waals surface area (Å²) in [5.41, 5.74) is 2.55. The van der Waals surface area contributed by atoms with Crippen molar-refractivity contribution >= 4 is 22.6 Å². The van der Waals surface area contributed by atoms with Crippen molar-refractivity contribution in [2.24, 2.45) is 0 Å². The van der Waals surface area contributed by atoms with Gasteiger partial charge in [-0.1, -0.05) is 24.3 Å². The minimum absolute atomic E-state index is 0.290. The van der Waals surface area contributed by atoms with Crippen molar-refractivity contribution in [3.05, 3.63) is 65.4 Å². The fraction of sp³-hybridized carbons (Fsp3) is 0.0588. The summed E-state index contributed by atoms with van der Waals surface area (Å²) in [6.45, 7) is 1.85. The number of para-hydroxylation sites is 1. The molecular formula is C17H12N2O2. The van der Waals surface area contributed by atoms with E-state index in [-0.39, 0.29) is 5.91 Å². The van der Waals surface area contributed by atoms with E-state index in [0.29, 0.717) is 22.6 Å². The highest BCUT2D eigenvalue weighted by Crippen LogP contribution is 2.25. The molecule has 0 atom stereocenters. The van der Waals surface area contributed by atoms with E-state index in [9.17, 15) is 4.79 Å². The van der Waals surface area contributed by atoms with Crippen LogP contribution in [0.3, 0.4) is 0 Å². The van der Waals surface area contributed by atoms with Crippen LogP contribution in [-0.2, 0) is 0 Å². The molecule has 0 spiro atoms. The minimum atomic E-state index is -0.321. The number of fused-ring (bicyclic) bond motifs is 1. The number of hydrogen-bond donors (Lipinski definition) is 1. The Bertz CT molecular complexity index is 872. The van der Waals surface area contributed by atoms with Gasteiger partial charge in [0.1, 0.15) is 5.58 Å². The molecule has 21 heavy (non-hydrogen) atoms. The first kappa shape index (κ1) is 12.9. The van der Waals surface area contributed by atoms with Crippen LogP contribution in [0.5, 0.6) is 0 Å². The summed E-state index contributed by atoms with van der Waals surface area (Å²) >= 11 is 0. The third-order valence-corrected chi connectivity index (χ3v) is 3.30. The van der Waals surface area contributed by atoms with Gasteiger partial charge in [0.15, 0.2) is 5.76 Å². The maximum absolute atomic E-state index is 12.3. The molecule has 4 heteroatoms. The molecule has 1 amide bonds. The second-order valence-electron chi connectivity index (χ2n) is 4.70. The molecule has 2 aromatic carbocycles. The number of nitriles is 1. The van der Waals surface area contributed by atoms with Crippen molar-refractivity contribution in [1.82, 2.24) is 0 Å². The van der Waals surface area contributed by atoms with Crippen LogP contribution in [-0.4, -0.2) is 5.91 Å². The van der Waals surface area contributed by atoms with Gasteiger partial charge in [-0.15, -0.1) is 0 Å². The SMILES string of the molecule is Cc1c(C(=O)Nc2cccc(C#N)c2)oc2ccccc12. The Morgan fingerprint density at radius 3 is 2.76 bits per heavy atom. The van der Waals surface area contributed by atoms with Gasteiger partial charge in [-0.05, 0) is 31.2 Å². The molecule has 0 aliphatic rings. The van der Waals surface area contributed by atoms with Crippen LogP contribution in [0.2, 0.25) is 0 Å². The number of hydrogen-bond acceptors (Lipinski definition) is 3. The Balaban J connectivity index is 1.94. The van der Waals surface area contributed by atoms with Crippen molar-refractivity contribution in [1.29, 1.82) is 5.26 Å². The summed E-state index contributed by atoms with van der Waals surface area (Å²) < 4.78 is 5.61. The van der Waals surface area contributed by atoms with Crippen molar-refractivity contribution in [2.45, 2.75) is 6.92 Å². The number of amides is 1. The zero-order valence-corrected chi connectivity index (χ0v) is 11.4. The first-order valence-corrected chi connectivity index (χ1v) is 6.48. The maximum atomic E-state index is 12.3. The van der Waals surface area contributed by atoms with Gasteiger partial charge in [0.05, 0.1) is 11.6 Å².